The van der Waals surface area contributed by atoms with Crippen molar-refractivity contribution in [2.24, 2.45) is 0 Å². The predicted molar refractivity (Wildman–Crippen MR) is 94.2 cm³/mol. The van der Waals surface area contributed by atoms with Crippen LogP contribution >= 0.6 is 11.8 Å². The maximum Gasteiger partial charge on any atom is 0.237 e. The fourth-order valence-electron chi connectivity index (χ4n) is 2.41. The molecule has 3 nitrogen and oxygen atoms in total. The maximum atomic E-state index is 12.5. The highest BCUT2D eigenvalue weighted by atomic mass is 32.2. The molecule has 120 valence electrons. The Kier molecular flexibility index (Phi) is 5.36. The minimum Gasteiger partial charge on any atom is -0.388 e. The lowest BCUT2D eigenvalue weighted by atomic mass is 10.1. The SMILES string of the molecule is O=C(NC1CC1)C(SCC(O)c1ccccc1)c1ccccc1. The van der Waals surface area contributed by atoms with Gasteiger partial charge in [-0.05, 0) is 24.0 Å². The molecule has 3 rings (SSSR count). The summed E-state index contributed by atoms with van der Waals surface area (Å²) in [7, 11) is 0. The minimum absolute atomic E-state index is 0.0453. The third-order valence-electron chi connectivity index (χ3n) is 3.87. The zero-order chi connectivity index (χ0) is 16.1. The Labute approximate surface area is 141 Å². The number of benzene rings is 2. The Morgan fingerprint density at radius 3 is 2.17 bits per heavy atom. The summed E-state index contributed by atoms with van der Waals surface area (Å²) in [5.74, 6) is 0.533. The summed E-state index contributed by atoms with van der Waals surface area (Å²) < 4.78 is 0. The summed E-state index contributed by atoms with van der Waals surface area (Å²) in [6.45, 7) is 0. The van der Waals surface area contributed by atoms with Crippen molar-refractivity contribution in [3.63, 3.8) is 0 Å². The summed E-state index contributed by atoms with van der Waals surface area (Å²) in [6, 6.07) is 19.7. The predicted octanol–water partition coefficient (Wildman–Crippen LogP) is 3.47. The summed E-state index contributed by atoms with van der Waals surface area (Å²) in [5.41, 5.74) is 1.87. The number of thioether (sulfide) groups is 1. The average molecular weight is 327 g/mol. The van der Waals surface area contributed by atoms with Crippen LogP contribution in [0, 0.1) is 0 Å². The van der Waals surface area contributed by atoms with Crippen molar-refractivity contribution in [2.75, 3.05) is 5.75 Å². The van der Waals surface area contributed by atoms with Crippen LogP contribution in [0.3, 0.4) is 0 Å². The maximum absolute atomic E-state index is 12.5. The van der Waals surface area contributed by atoms with Gasteiger partial charge in [0.1, 0.15) is 5.25 Å². The molecule has 4 heteroatoms. The van der Waals surface area contributed by atoms with Gasteiger partial charge in [-0.3, -0.25) is 4.79 Å². The summed E-state index contributed by atoms with van der Waals surface area (Å²) in [6.07, 6.45) is 1.58. The molecule has 1 fully saturated rings. The van der Waals surface area contributed by atoms with Crippen LogP contribution in [-0.4, -0.2) is 22.8 Å². The van der Waals surface area contributed by atoms with E-state index < -0.39 is 6.10 Å². The number of hydrogen-bond donors (Lipinski definition) is 2. The Morgan fingerprint density at radius 1 is 1.04 bits per heavy atom. The lowest BCUT2D eigenvalue weighted by Gasteiger charge is -2.19. The van der Waals surface area contributed by atoms with Crippen LogP contribution in [0.25, 0.3) is 0 Å². The highest BCUT2D eigenvalue weighted by Gasteiger charge is 2.29. The van der Waals surface area contributed by atoms with Crippen LogP contribution in [0.1, 0.15) is 35.3 Å². The lowest BCUT2D eigenvalue weighted by molar-refractivity contribution is -0.120. The third kappa shape index (κ3) is 4.60. The largest absolute Gasteiger partial charge is 0.388 e. The first-order valence-corrected chi connectivity index (χ1v) is 8.99. The van der Waals surface area contributed by atoms with Crippen molar-refractivity contribution in [3.8, 4) is 0 Å². The normalized spacial score (nSPS) is 16.6. The van der Waals surface area contributed by atoms with Crippen LogP contribution in [0.2, 0.25) is 0 Å². The first-order valence-electron chi connectivity index (χ1n) is 7.94. The molecule has 2 atom stereocenters. The van der Waals surface area contributed by atoms with Crippen molar-refractivity contribution in [3.05, 3.63) is 71.8 Å². The zero-order valence-corrected chi connectivity index (χ0v) is 13.7. The van der Waals surface area contributed by atoms with E-state index in [1.54, 1.807) is 0 Å². The summed E-state index contributed by atoms with van der Waals surface area (Å²) in [5, 5.41) is 13.1. The first-order chi connectivity index (χ1) is 11.2. The van der Waals surface area contributed by atoms with Crippen LogP contribution in [-0.2, 0) is 4.79 Å². The topological polar surface area (TPSA) is 49.3 Å². The van der Waals surface area contributed by atoms with Crippen molar-refractivity contribution in [2.45, 2.75) is 30.2 Å². The van der Waals surface area contributed by atoms with Gasteiger partial charge in [0, 0.05) is 11.8 Å². The molecule has 0 radical (unpaired) electrons. The van der Waals surface area contributed by atoms with Crippen LogP contribution < -0.4 is 5.32 Å². The van der Waals surface area contributed by atoms with E-state index in [1.807, 2.05) is 60.7 Å². The van der Waals surface area contributed by atoms with E-state index in [2.05, 4.69) is 5.32 Å². The van der Waals surface area contributed by atoms with E-state index in [-0.39, 0.29) is 11.2 Å². The van der Waals surface area contributed by atoms with E-state index in [1.165, 1.54) is 11.8 Å². The summed E-state index contributed by atoms with van der Waals surface area (Å²) in [4.78, 5) is 12.5. The highest BCUT2D eigenvalue weighted by Crippen LogP contribution is 2.33. The molecule has 0 bridgehead atoms. The van der Waals surface area contributed by atoms with Gasteiger partial charge in [-0.15, -0.1) is 11.8 Å². The number of carbonyl (C=O) groups excluding carboxylic acids is 1. The number of aliphatic hydroxyl groups is 1. The fourth-order valence-corrected chi connectivity index (χ4v) is 3.55. The van der Waals surface area contributed by atoms with Gasteiger partial charge >= 0.3 is 0 Å². The van der Waals surface area contributed by atoms with Crippen LogP contribution in [0.5, 0.6) is 0 Å². The number of hydrogen-bond acceptors (Lipinski definition) is 3. The van der Waals surface area contributed by atoms with Crippen LogP contribution in [0.4, 0.5) is 0 Å². The van der Waals surface area contributed by atoms with Gasteiger partial charge in [-0.25, -0.2) is 0 Å². The van der Waals surface area contributed by atoms with Gasteiger partial charge in [-0.2, -0.15) is 0 Å². The van der Waals surface area contributed by atoms with Gasteiger partial charge in [-0.1, -0.05) is 60.7 Å². The number of aliphatic hydroxyl groups excluding tert-OH is 1. The van der Waals surface area contributed by atoms with Gasteiger partial charge in [0.25, 0.3) is 0 Å². The van der Waals surface area contributed by atoms with E-state index in [4.69, 9.17) is 0 Å². The second-order valence-electron chi connectivity index (χ2n) is 5.83. The minimum atomic E-state index is -0.568. The lowest BCUT2D eigenvalue weighted by Crippen LogP contribution is -2.30. The van der Waals surface area contributed by atoms with Crippen molar-refractivity contribution >= 4 is 17.7 Å². The number of amides is 1. The molecule has 2 unspecified atom stereocenters. The molecule has 1 aliphatic rings. The standard InChI is InChI=1S/C19H21NO2S/c21-17(14-7-3-1-4-8-14)13-23-18(15-9-5-2-6-10-15)19(22)20-16-11-12-16/h1-10,16-18,21H,11-13H2,(H,20,22). The molecule has 0 spiro atoms. The third-order valence-corrected chi connectivity index (χ3v) is 5.20. The number of rotatable bonds is 7. The van der Waals surface area contributed by atoms with E-state index in [0.29, 0.717) is 11.8 Å². The van der Waals surface area contributed by atoms with Crippen molar-refractivity contribution in [1.82, 2.24) is 5.32 Å². The first kappa shape index (κ1) is 16.1. The second kappa shape index (κ2) is 7.66. The van der Waals surface area contributed by atoms with E-state index in [9.17, 15) is 9.90 Å². The molecule has 2 aromatic carbocycles. The van der Waals surface area contributed by atoms with Gasteiger partial charge in [0.15, 0.2) is 0 Å². The zero-order valence-electron chi connectivity index (χ0n) is 12.9. The fraction of sp³-hybridized carbons (Fsp3) is 0.316. The smallest absolute Gasteiger partial charge is 0.237 e. The number of carbonyl (C=O) groups is 1. The van der Waals surface area contributed by atoms with Gasteiger partial charge < -0.3 is 10.4 Å². The Bertz CT molecular complexity index is 628. The molecule has 2 N–H and O–H groups in total. The summed E-state index contributed by atoms with van der Waals surface area (Å²) >= 11 is 1.49. The molecule has 1 aliphatic carbocycles. The molecule has 0 saturated heterocycles. The highest BCUT2D eigenvalue weighted by molar-refractivity contribution is 8.00. The van der Waals surface area contributed by atoms with E-state index in [0.717, 1.165) is 24.0 Å². The molecule has 1 saturated carbocycles. The quantitative estimate of drug-likeness (QED) is 0.818. The second-order valence-corrected chi connectivity index (χ2v) is 6.97. The molecular weight excluding hydrogens is 306 g/mol. The van der Waals surface area contributed by atoms with Gasteiger partial charge in [0.2, 0.25) is 5.91 Å². The Hall–Kier alpha value is -1.78. The molecule has 1 amide bonds. The average Bonchev–Trinajstić information content (AvgIpc) is 3.40. The molecule has 2 aromatic rings. The molecule has 0 heterocycles. The van der Waals surface area contributed by atoms with E-state index >= 15 is 0 Å². The Balaban J connectivity index is 1.67. The monoisotopic (exact) mass is 327 g/mol. The Morgan fingerprint density at radius 2 is 1.61 bits per heavy atom. The number of nitrogens with one attached hydrogen (secondary N) is 1. The van der Waals surface area contributed by atoms with Crippen LogP contribution in [0.15, 0.2) is 60.7 Å². The van der Waals surface area contributed by atoms with Gasteiger partial charge in [0.05, 0.1) is 6.10 Å². The molecule has 23 heavy (non-hydrogen) atoms. The molecule has 0 aliphatic heterocycles. The molecular formula is C19H21NO2S. The van der Waals surface area contributed by atoms with Crippen molar-refractivity contribution < 1.29 is 9.90 Å². The molecule has 0 aromatic heterocycles. The van der Waals surface area contributed by atoms with Crippen molar-refractivity contribution in [1.29, 1.82) is 0 Å².